The lowest BCUT2D eigenvalue weighted by Gasteiger charge is -2.38. The number of esters is 1. The summed E-state index contributed by atoms with van der Waals surface area (Å²) in [6, 6.07) is 10.2. The van der Waals surface area contributed by atoms with E-state index in [4.69, 9.17) is 19.2 Å². The molecule has 16 heteroatoms. The van der Waals surface area contributed by atoms with E-state index in [2.05, 4.69) is 41.5 Å². The summed E-state index contributed by atoms with van der Waals surface area (Å²) >= 11 is 0. The Bertz CT molecular complexity index is 2580. The summed E-state index contributed by atoms with van der Waals surface area (Å²) in [5, 5.41) is 41.1. The normalized spacial score (nSPS) is 29.1. The number of Topliss-reactive ketones (excluding diaryl/α,β-unsaturated/α-hetero) is 2. The Morgan fingerprint density at radius 1 is 0.958 bits per heavy atom. The van der Waals surface area contributed by atoms with Gasteiger partial charge in [0.1, 0.15) is 35.4 Å². The van der Waals surface area contributed by atoms with Crippen molar-refractivity contribution in [1.29, 1.82) is 0 Å². The van der Waals surface area contributed by atoms with E-state index in [1.165, 1.54) is 25.7 Å². The van der Waals surface area contributed by atoms with E-state index in [1.807, 2.05) is 18.2 Å². The average Bonchev–Trinajstić information content (AvgIpc) is 3.84. The van der Waals surface area contributed by atoms with E-state index >= 15 is 0 Å². The van der Waals surface area contributed by atoms with Crippen LogP contribution in [0, 0.1) is 24.7 Å². The molecule has 1 spiro atoms. The Labute approximate surface area is 415 Å². The van der Waals surface area contributed by atoms with Gasteiger partial charge in [0, 0.05) is 87.4 Å². The minimum absolute atomic E-state index is 0.0226. The molecule has 2 fully saturated rings. The van der Waals surface area contributed by atoms with Gasteiger partial charge >= 0.3 is 11.8 Å². The van der Waals surface area contributed by atoms with Crippen molar-refractivity contribution in [2.45, 2.75) is 136 Å². The van der Waals surface area contributed by atoms with Crippen molar-refractivity contribution in [1.82, 2.24) is 20.4 Å². The van der Waals surface area contributed by atoms with Gasteiger partial charge in [-0.25, -0.2) is 0 Å². The van der Waals surface area contributed by atoms with Crippen LogP contribution in [0.15, 0.2) is 82.9 Å². The van der Waals surface area contributed by atoms with E-state index in [9.17, 15) is 39.3 Å². The average molecular weight is 976 g/mol. The number of hydrogen-bond acceptors (Lipinski definition) is 14. The standard InChI is InChI=1S/C55H69N5O11/c1-31(2)30-59-25-21-55(22-26-59)57-45-42-43-49(65)35(6)51-44(42)52(67)54(7,71-51)69-27-12-11-18-38(70-41(63)29-40(62)60-23-19-37(20-24-60)36-16-9-8-10-17-36)28-39(61)34(5)48(64)32(3)14-13-15-33(4)53(68)56-47(50(43)66)46(45)58-55/h8-10,12-17,27,31-32,34,37-39,48,58,61,64-65H,11,18-26,28-30H2,1-7H3,(H,56,68)/b14-13+,27-12+,33-15-/t32?,34-,38+,39?,48-,54?/m0/s1. The monoisotopic (exact) mass is 975 g/mol. The second-order valence-corrected chi connectivity index (χ2v) is 20.8. The third-order valence-electron chi connectivity index (χ3n) is 15.1. The smallest absolute Gasteiger partial charge is 0.315 e. The molecule has 7 aliphatic rings. The molecule has 0 aromatic heterocycles. The molecule has 2 saturated heterocycles. The maximum Gasteiger partial charge on any atom is 0.315 e. The number of aliphatic hydroxyl groups excluding tert-OH is 2. The largest absolute Gasteiger partial charge is 0.507 e. The summed E-state index contributed by atoms with van der Waals surface area (Å²) in [5.74, 6) is -5.71. The van der Waals surface area contributed by atoms with Crippen LogP contribution in [0.3, 0.4) is 0 Å². The summed E-state index contributed by atoms with van der Waals surface area (Å²) in [6.07, 6.45) is 7.40. The van der Waals surface area contributed by atoms with Gasteiger partial charge in [0.15, 0.2) is 0 Å². The van der Waals surface area contributed by atoms with Crippen LogP contribution in [0.25, 0.3) is 0 Å². The number of carbonyl (C=O) groups is 5. The fourth-order valence-electron chi connectivity index (χ4n) is 10.7. The lowest BCUT2D eigenvalue weighted by atomic mass is 9.82. The number of likely N-dealkylation sites (tertiary alicyclic amines) is 2. The first-order valence-electron chi connectivity index (χ1n) is 25.2. The maximum absolute atomic E-state index is 14.8. The first kappa shape index (κ1) is 51.3. The number of hydrogen-bond donors (Lipinski definition) is 5. The predicted octanol–water partition coefficient (Wildman–Crippen LogP) is 6.28. The molecule has 6 aliphatic heterocycles. The SMILES string of the molecule is C/C1=C/C=C/C(C)[C@H](O)[C@@H](C)C(O)C[C@H](OC(=O)CC(=O)N2CCC(c3ccccc3)CC2)CC/C=C/OC2(C)Oc3c(C)c(O)c4c(c3C2=O)C2=NC3(CCN(CC(C)C)CC3)NC2=C(NC1=O)C4=O. The number of aliphatic hydroxyl groups is 2. The van der Waals surface area contributed by atoms with Gasteiger partial charge < -0.3 is 50.0 Å². The molecule has 380 valence electrons. The van der Waals surface area contributed by atoms with Crippen LogP contribution in [0.5, 0.6) is 11.5 Å². The summed E-state index contributed by atoms with van der Waals surface area (Å²) in [4.78, 5) is 79.5. The summed E-state index contributed by atoms with van der Waals surface area (Å²) < 4.78 is 18.3. The second kappa shape index (κ2) is 20.9. The number of phenols is 1. The highest BCUT2D eigenvalue weighted by Gasteiger charge is 2.54. The zero-order valence-electron chi connectivity index (χ0n) is 42.0. The van der Waals surface area contributed by atoms with Gasteiger partial charge in [0.05, 0.1) is 41.0 Å². The highest BCUT2D eigenvalue weighted by molar-refractivity contribution is 6.34. The molecule has 5 bridgehead atoms. The number of carbonyl (C=O) groups excluding carboxylic acids is 5. The number of nitrogens with zero attached hydrogens (tertiary/aromatic N) is 3. The number of aliphatic imine (C=N–C) groups is 1. The van der Waals surface area contributed by atoms with Gasteiger partial charge in [-0.1, -0.05) is 76.3 Å². The van der Waals surface area contributed by atoms with Crippen molar-refractivity contribution in [2.75, 3.05) is 32.7 Å². The molecule has 0 radical (unpaired) electrons. The van der Waals surface area contributed by atoms with Crippen molar-refractivity contribution >= 4 is 35.1 Å². The van der Waals surface area contributed by atoms with Crippen LogP contribution in [0.2, 0.25) is 0 Å². The van der Waals surface area contributed by atoms with Gasteiger partial charge in [0.2, 0.25) is 11.7 Å². The number of benzene rings is 2. The number of piperidine rings is 2. The lowest BCUT2D eigenvalue weighted by Crippen LogP contribution is -2.50. The molecule has 0 saturated carbocycles. The fraction of sp³-hybridized carbons (Fsp3) is 0.527. The number of rotatable bonds is 6. The number of nitrogens with one attached hydrogen (secondary N) is 2. The number of fused-ring (bicyclic) bond motifs is 13. The van der Waals surface area contributed by atoms with Crippen LogP contribution >= 0.6 is 0 Å². The Balaban J connectivity index is 1.07. The molecule has 1 aliphatic carbocycles. The minimum Gasteiger partial charge on any atom is -0.507 e. The van der Waals surface area contributed by atoms with Crippen molar-refractivity contribution in [3.05, 3.63) is 106 Å². The molecule has 16 nitrogen and oxygen atoms in total. The molecule has 2 aromatic carbocycles. The summed E-state index contributed by atoms with van der Waals surface area (Å²) in [6.45, 7) is 15.7. The quantitative estimate of drug-likeness (QED) is 0.160. The molecular weight excluding hydrogens is 907 g/mol. The Kier molecular flexibility index (Phi) is 15.1. The van der Waals surface area contributed by atoms with E-state index in [1.54, 1.807) is 50.0 Å². The molecule has 9 rings (SSSR count). The van der Waals surface area contributed by atoms with Crippen molar-refractivity contribution in [3.8, 4) is 11.5 Å². The van der Waals surface area contributed by atoms with Crippen LogP contribution in [-0.4, -0.2) is 123 Å². The predicted molar refractivity (Wildman–Crippen MR) is 265 cm³/mol. The van der Waals surface area contributed by atoms with Gasteiger partial charge in [-0.2, -0.15) is 0 Å². The van der Waals surface area contributed by atoms with E-state index in [0.29, 0.717) is 50.9 Å². The Hall–Kier alpha value is -6.10. The highest BCUT2D eigenvalue weighted by Crippen LogP contribution is 2.50. The topological polar surface area (TPSA) is 217 Å². The molecule has 5 N–H and O–H groups in total. The van der Waals surface area contributed by atoms with Crippen LogP contribution in [0.4, 0.5) is 0 Å². The number of aromatic hydroxyl groups is 1. The molecule has 6 heterocycles. The highest BCUT2D eigenvalue weighted by atomic mass is 16.7. The maximum atomic E-state index is 14.8. The van der Waals surface area contributed by atoms with Crippen molar-refractivity contribution in [3.63, 3.8) is 0 Å². The zero-order chi connectivity index (χ0) is 50.9. The number of ketones is 2. The summed E-state index contributed by atoms with van der Waals surface area (Å²) in [5.41, 5.74) is 1.04. The van der Waals surface area contributed by atoms with E-state index < -0.39 is 77.2 Å². The number of allylic oxidation sites excluding steroid dienone is 5. The molecule has 2 amide bonds. The van der Waals surface area contributed by atoms with Gasteiger partial charge in [-0.05, 0) is 63.0 Å². The Morgan fingerprint density at radius 2 is 1.66 bits per heavy atom. The first-order chi connectivity index (χ1) is 33.8. The molecular formula is C55H69N5O11. The molecule has 71 heavy (non-hydrogen) atoms. The number of amides is 2. The second-order valence-electron chi connectivity index (χ2n) is 20.8. The van der Waals surface area contributed by atoms with Gasteiger partial charge in [-0.15, -0.1) is 0 Å². The fourth-order valence-corrected chi connectivity index (χ4v) is 10.7. The van der Waals surface area contributed by atoms with E-state index in [-0.39, 0.29) is 75.9 Å². The van der Waals surface area contributed by atoms with Gasteiger partial charge in [-0.3, -0.25) is 29.0 Å². The number of phenolic OH excluding ortho intramolecular Hbond substituents is 1. The minimum atomic E-state index is -1.94. The van der Waals surface area contributed by atoms with Gasteiger partial charge in [0.25, 0.3) is 11.7 Å². The van der Waals surface area contributed by atoms with Crippen LogP contribution < -0.4 is 15.4 Å². The van der Waals surface area contributed by atoms with Crippen LogP contribution in [0.1, 0.15) is 136 Å². The van der Waals surface area contributed by atoms with Crippen molar-refractivity contribution < 1.29 is 53.5 Å². The number of ether oxygens (including phenoxy) is 3. The van der Waals surface area contributed by atoms with Crippen molar-refractivity contribution in [2.24, 2.45) is 22.7 Å². The Morgan fingerprint density at radius 3 is 2.35 bits per heavy atom. The zero-order valence-corrected chi connectivity index (χ0v) is 42.0. The van der Waals surface area contributed by atoms with Crippen LogP contribution in [-0.2, 0) is 23.9 Å². The molecule has 6 atom stereocenters. The first-order valence-corrected chi connectivity index (χ1v) is 25.2. The third kappa shape index (κ3) is 10.6. The molecule has 3 unspecified atom stereocenters. The molecule has 2 aromatic rings. The summed E-state index contributed by atoms with van der Waals surface area (Å²) in [7, 11) is 0. The van der Waals surface area contributed by atoms with E-state index in [0.717, 1.165) is 19.4 Å². The lowest BCUT2D eigenvalue weighted by molar-refractivity contribution is -0.155. The third-order valence-corrected chi connectivity index (χ3v) is 15.1.